The van der Waals surface area contributed by atoms with E-state index in [2.05, 4.69) is 242 Å². The van der Waals surface area contributed by atoms with Crippen molar-refractivity contribution < 1.29 is 0 Å². The first-order chi connectivity index (χ1) is 30.0. The van der Waals surface area contributed by atoms with Crippen LogP contribution in [0.5, 0.6) is 0 Å². The number of hydrogen-bond donors (Lipinski definition) is 0. The molecule has 0 saturated heterocycles. The molecule has 0 amide bonds. The van der Waals surface area contributed by atoms with Gasteiger partial charge in [-0.05, 0) is 110 Å². The summed E-state index contributed by atoms with van der Waals surface area (Å²) in [6.45, 7) is 4.72. The summed E-state index contributed by atoms with van der Waals surface area (Å²) in [7, 11) is 0. The van der Waals surface area contributed by atoms with Crippen molar-refractivity contribution in [1.29, 1.82) is 0 Å². The molecule has 0 bridgehead atoms. The molecule has 1 heterocycles. The highest BCUT2D eigenvalue weighted by molar-refractivity contribution is 6.14. The van der Waals surface area contributed by atoms with Crippen molar-refractivity contribution in [3.05, 3.63) is 230 Å². The van der Waals surface area contributed by atoms with Crippen LogP contribution in [0.1, 0.15) is 25.0 Å². The molecule has 1 aliphatic rings. The van der Waals surface area contributed by atoms with Crippen LogP contribution >= 0.6 is 0 Å². The largest absolute Gasteiger partial charge is 0.309 e. The van der Waals surface area contributed by atoms with E-state index in [9.17, 15) is 0 Å². The van der Waals surface area contributed by atoms with Gasteiger partial charge in [0.1, 0.15) is 0 Å². The van der Waals surface area contributed by atoms with Crippen molar-refractivity contribution in [2.24, 2.45) is 0 Å². The number of anilines is 3. The summed E-state index contributed by atoms with van der Waals surface area (Å²) in [6.07, 6.45) is 0. The Kier molecular flexibility index (Phi) is 7.92. The molecule has 288 valence electrons. The van der Waals surface area contributed by atoms with Crippen molar-refractivity contribution in [3.8, 4) is 39.1 Å². The molecular weight excluding hydrogens is 737 g/mol. The average Bonchev–Trinajstić information content (AvgIpc) is 3.78. The van der Waals surface area contributed by atoms with Gasteiger partial charge in [-0.2, -0.15) is 0 Å². The lowest BCUT2D eigenvalue weighted by atomic mass is 9.82. The fourth-order valence-electron chi connectivity index (χ4n) is 10.3. The van der Waals surface area contributed by atoms with Gasteiger partial charge in [-0.1, -0.05) is 178 Å². The van der Waals surface area contributed by atoms with Crippen LogP contribution in [0.15, 0.2) is 218 Å². The van der Waals surface area contributed by atoms with E-state index in [-0.39, 0.29) is 5.41 Å². The van der Waals surface area contributed by atoms with Crippen molar-refractivity contribution in [3.63, 3.8) is 0 Å². The second-order valence-corrected chi connectivity index (χ2v) is 16.9. The lowest BCUT2D eigenvalue weighted by Gasteiger charge is -2.30. The van der Waals surface area contributed by atoms with Crippen LogP contribution in [-0.4, -0.2) is 4.57 Å². The number of benzene rings is 10. The summed E-state index contributed by atoms with van der Waals surface area (Å²) in [5, 5.41) is 7.46. The van der Waals surface area contributed by atoms with Crippen LogP contribution in [0.2, 0.25) is 0 Å². The van der Waals surface area contributed by atoms with Gasteiger partial charge in [-0.15, -0.1) is 0 Å². The van der Waals surface area contributed by atoms with Gasteiger partial charge < -0.3 is 9.47 Å². The van der Waals surface area contributed by atoms with Crippen LogP contribution in [0.3, 0.4) is 0 Å². The molecule has 10 aromatic carbocycles. The Balaban J connectivity index is 1.05. The number of aromatic nitrogens is 1. The summed E-state index contributed by atoms with van der Waals surface area (Å²) in [6, 6.07) is 80.4. The molecule has 0 fully saturated rings. The Hall–Kier alpha value is -7.68. The van der Waals surface area contributed by atoms with E-state index in [0.29, 0.717) is 0 Å². The second-order valence-electron chi connectivity index (χ2n) is 16.9. The maximum Gasteiger partial charge on any atom is 0.0541 e. The second kappa shape index (κ2) is 13.7. The third-order valence-corrected chi connectivity index (χ3v) is 13.2. The Morgan fingerprint density at radius 2 is 1.00 bits per heavy atom. The number of nitrogens with zero attached hydrogens (tertiary/aromatic N) is 2. The quantitative estimate of drug-likeness (QED) is 0.153. The molecule has 0 atom stereocenters. The average molecular weight is 779 g/mol. The summed E-state index contributed by atoms with van der Waals surface area (Å²) in [5.41, 5.74) is 17.1. The van der Waals surface area contributed by atoms with Crippen LogP contribution in [-0.2, 0) is 5.41 Å². The Morgan fingerprint density at radius 1 is 0.377 bits per heavy atom. The highest BCUT2D eigenvalue weighted by Gasteiger charge is 2.37. The minimum Gasteiger partial charge on any atom is -0.309 e. The van der Waals surface area contributed by atoms with Crippen LogP contribution in [0.25, 0.3) is 82.4 Å². The highest BCUT2D eigenvalue weighted by Crippen LogP contribution is 2.54. The van der Waals surface area contributed by atoms with Crippen LogP contribution in [0, 0.1) is 0 Å². The molecule has 61 heavy (non-hydrogen) atoms. The van der Waals surface area contributed by atoms with Gasteiger partial charge in [0.15, 0.2) is 0 Å². The van der Waals surface area contributed by atoms with Crippen molar-refractivity contribution in [1.82, 2.24) is 4.57 Å². The lowest BCUT2D eigenvalue weighted by molar-refractivity contribution is 0.660. The fraction of sp³-hybridized carbons (Fsp3) is 0.0508. The van der Waals surface area contributed by atoms with E-state index < -0.39 is 0 Å². The van der Waals surface area contributed by atoms with E-state index >= 15 is 0 Å². The molecule has 0 saturated carbocycles. The van der Waals surface area contributed by atoms with Crippen molar-refractivity contribution in [2.45, 2.75) is 19.3 Å². The van der Waals surface area contributed by atoms with Gasteiger partial charge in [0.05, 0.1) is 22.4 Å². The Morgan fingerprint density at radius 3 is 1.87 bits per heavy atom. The molecule has 0 spiro atoms. The topological polar surface area (TPSA) is 8.17 Å². The molecule has 0 unspecified atom stereocenters. The predicted octanol–water partition coefficient (Wildman–Crippen LogP) is 16.2. The molecule has 2 nitrogen and oxygen atoms in total. The SMILES string of the molecule is CC1(C)c2ccccc2-c2c(-c3ccccc3N(c3ccc(-c4ccc5c(c4)c4ccccc4n5-c4ccccc4)cc3)c3cccc4c3ccc3ccccc34)cccc21. The molecule has 0 radical (unpaired) electrons. The van der Waals surface area contributed by atoms with E-state index in [0.717, 1.165) is 17.1 Å². The summed E-state index contributed by atoms with van der Waals surface area (Å²) < 4.78 is 2.38. The predicted molar refractivity (Wildman–Crippen MR) is 259 cm³/mol. The molecule has 0 N–H and O–H groups in total. The fourth-order valence-corrected chi connectivity index (χ4v) is 10.3. The molecule has 1 aromatic heterocycles. The van der Waals surface area contributed by atoms with Gasteiger partial charge in [0.25, 0.3) is 0 Å². The summed E-state index contributed by atoms with van der Waals surface area (Å²) in [5.74, 6) is 0. The first-order valence-corrected chi connectivity index (χ1v) is 21.3. The maximum atomic E-state index is 2.48. The minimum absolute atomic E-state index is 0.0947. The van der Waals surface area contributed by atoms with E-state index in [1.165, 1.54) is 93.5 Å². The Bertz CT molecular complexity index is 3500. The zero-order valence-electron chi connectivity index (χ0n) is 34.2. The van der Waals surface area contributed by atoms with Crippen molar-refractivity contribution in [2.75, 3.05) is 4.90 Å². The van der Waals surface area contributed by atoms with Crippen LogP contribution < -0.4 is 4.90 Å². The van der Waals surface area contributed by atoms with Gasteiger partial charge in [0, 0.05) is 38.5 Å². The Labute approximate surface area is 356 Å². The summed E-state index contributed by atoms with van der Waals surface area (Å²) >= 11 is 0. The zero-order valence-corrected chi connectivity index (χ0v) is 34.2. The first kappa shape index (κ1) is 35.3. The van der Waals surface area contributed by atoms with Crippen molar-refractivity contribution >= 4 is 60.4 Å². The molecule has 0 aliphatic heterocycles. The minimum atomic E-state index is -0.0947. The number of rotatable bonds is 6. The van der Waals surface area contributed by atoms with Gasteiger partial charge in [-0.25, -0.2) is 0 Å². The first-order valence-electron chi connectivity index (χ1n) is 21.3. The lowest BCUT2D eigenvalue weighted by Crippen LogP contribution is -2.15. The molecular formula is C59H42N2. The number of fused-ring (bicyclic) bond motifs is 9. The van der Waals surface area contributed by atoms with E-state index in [1.54, 1.807) is 0 Å². The zero-order chi connectivity index (χ0) is 40.7. The third-order valence-electron chi connectivity index (χ3n) is 13.2. The maximum absolute atomic E-state index is 2.48. The number of para-hydroxylation sites is 3. The van der Waals surface area contributed by atoms with Gasteiger partial charge in [0.2, 0.25) is 0 Å². The molecule has 1 aliphatic carbocycles. The molecule has 2 heteroatoms. The third kappa shape index (κ3) is 5.42. The molecule has 11 aromatic rings. The highest BCUT2D eigenvalue weighted by atomic mass is 15.1. The molecule has 12 rings (SSSR count). The summed E-state index contributed by atoms with van der Waals surface area (Å²) in [4.78, 5) is 2.48. The van der Waals surface area contributed by atoms with E-state index in [1.807, 2.05) is 0 Å². The monoisotopic (exact) mass is 778 g/mol. The normalized spacial score (nSPS) is 12.9. The standard InChI is InChI=1S/C59H42N2/c1-59(2)52-25-11-8-22-50(52)58-49(24-14-26-53(58)59)46-20-9-12-27-54(46)61(56-29-15-23-45-44-19-7-6-16-40(44)32-36-48(45)56)43-34-30-39(31-35-43)41-33-37-57-51(38-41)47-21-10-13-28-55(47)60(57)42-17-4-3-5-18-42/h3-38H,1-2H3. The van der Waals surface area contributed by atoms with Gasteiger partial charge >= 0.3 is 0 Å². The van der Waals surface area contributed by atoms with Gasteiger partial charge in [-0.3, -0.25) is 0 Å². The smallest absolute Gasteiger partial charge is 0.0541 e. The van der Waals surface area contributed by atoms with E-state index in [4.69, 9.17) is 0 Å². The van der Waals surface area contributed by atoms with Crippen LogP contribution in [0.4, 0.5) is 17.1 Å². The number of hydrogen-bond acceptors (Lipinski definition) is 1.